The molecule has 0 saturated heterocycles. The summed E-state index contributed by atoms with van der Waals surface area (Å²) >= 11 is 0. The molecular formula is C21H36O3. The standard InChI is InChI=1S/C21H36O3/c1-13(22)21(24)11-8-18-16-5-4-14-12-15(23)6-9-19(14,2)17(16)7-10-20(18,21)3/h13-18,22-24H,4-12H2,1-3H3/t13-,14+,15+,16?,17-,18-,19-,20-,21-/m0/s1. The first-order chi connectivity index (χ1) is 11.2. The summed E-state index contributed by atoms with van der Waals surface area (Å²) in [5, 5.41) is 31.7. The molecule has 0 radical (unpaired) electrons. The van der Waals surface area contributed by atoms with Crippen LogP contribution < -0.4 is 0 Å². The molecule has 0 aromatic rings. The van der Waals surface area contributed by atoms with Crippen molar-refractivity contribution in [2.75, 3.05) is 0 Å². The average Bonchev–Trinajstić information content (AvgIpc) is 2.81. The van der Waals surface area contributed by atoms with E-state index in [0.29, 0.717) is 23.2 Å². The summed E-state index contributed by atoms with van der Waals surface area (Å²) in [6.07, 6.45) is 8.99. The van der Waals surface area contributed by atoms with Crippen molar-refractivity contribution < 1.29 is 15.3 Å². The molecule has 24 heavy (non-hydrogen) atoms. The lowest BCUT2D eigenvalue weighted by molar-refractivity contribution is -0.186. The van der Waals surface area contributed by atoms with Gasteiger partial charge < -0.3 is 15.3 Å². The van der Waals surface area contributed by atoms with Gasteiger partial charge in [-0.2, -0.15) is 0 Å². The first-order valence-corrected chi connectivity index (χ1v) is 10.3. The predicted octanol–water partition coefficient (Wildman–Crippen LogP) is 3.50. The van der Waals surface area contributed by atoms with Crippen LogP contribution in [0.5, 0.6) is 0 Å². The van der Waals surface area contributed by atoms with Crippen molar-refractivity contribution in [2.45, 2.75) is 96.4 Å². The summed E-state index contributed by atoms with van der Waals surface area (Å²) in [6, 6.07) is 0. The molecular weight excluding hydrogens is 300 g/mol. The van der Waals surface area contributed by atoms with E-state index in [-0.39, 0.29) is 11.5 Å². The van der Waals surface area contributed by atoms with Crippen molar-refractivity contribution in [1.82, 2.24) is 0 Å². The maximum absolute atomic E-state index is 11.3. The van der Waals surface area contributed by atoms with Crippen LogP contribution in [0.15, 0.2) is 0 Å². The Labute approximate surface area is 146 Å². The molecule has 3 N–H and O–H groups in total. The third-order valence-electron chi connectivity index (χ3n) is 9.54. The first-order valence-electron chi connectivity index (χ1n) is 10.3. The Kier molecular flexibility index (Phi) is 3.92. The van der Waals surface area contributed by atoms with Crippen LogP contribution in [-0.2, 0) is 0 Å². The first kappa shape index (κ1) is 17.3. The molecule has 4 rings (SSSR count). The second-order valence-electron chi connectivity index (χ2n) is 10.2. The summed E-state index contributed by atoms with van der Waals surface area (Å²) < 4.78 is 0. The predicted molar refractivity (Wildman–Crippen MR) is 94.4 cm³/mol. The Balaban J connectivity index is 1.63. The molecule has 0 heterocycles. The van der Waals surface area contributed by atoms with E-state index in [0.717, 1.165) is 38.0 Å². The van der Waals surface area contributed by atoms with Crippen LogP contribution in [0.25, 0.3) is 0 Å². The van der Waals surface area contributed by atoms with E-state index in [9.17, 15) is 15.3 Å². The Hall–Kier alpha value is -0.120. The lowest BCUT2D eigenvalue weighted by Crippen LogP contribution is -2.59. The SMILES string of the molecule is C[C@H](O)[C@@]1(O)CC[C@H]2C3CC[C@@H]4C[C@H](O)CC[C@]4(C)[C@H]3CC[C@@]21C. The van der Waals surface area contributed by atoms with Crippen LogP contribution >= 0.6 is 0 Å². The lowest BCUT2D eigenvalue weighted by atomic mass is 9.44. The molecule has 4 fully saturated rings. The fraction of sp³-hybridized carbons (Fsp3) is 1.00. The Morgan fingerprint density at radius 2 is 1.62 bits per heavy atom. The molecule has 0 bridgehead atoms. The summed E-state index contributed by atoms with van der Waals surface area (Å²) in [5.74, 6) is 2.69. The second kappa shape index (κ2) is 5.44. The van der Waals surface area contributed by atoms with Gasteiger partial charge in [0.2, 0.25) is 0 Å². The zero-order chi connectivity index (χ0) is 17.3. The van der Waals surface area contributed by atoms with Crippen LogP contribution in [0.2, 0.25) is 0 Å². The highest BCUT2D eigenvalue weighted by molar-refractivity contribution is 5.15. The number of rotatable bonds is 1. The molecule has 0 spiro atoms. The second-order valence-corrected chi connectivity index (χ2v) is 10.2. The molecule has 3 nitrogen and oxygen atoms in total. The van der Waals surface area contributed by atoms with Crippen molar-refractivity contribution in [3.05, 3.63) is 0 Å². The third-order valence-corrected chi connectivity index (χ3v) is 9.54. The van der Waals surface area contributed by atoms with Gasteiger partial charge in [-0.15, -0.1) is 0 Å². The smallest absolute Gasteiger partial charge is 0.0958 e. The van der Waals surface area contributed by atoms with Crippen molar-refractivity contribution >= 4 is 0 Å². The minimum atomic E-state index is -0.900. The van der Waals surface area contributed by atoms with Gasteiger partial charge >= 0.3 is 0 Å². The largest absolute Gasteiger partial charge is 0.393 e. The molecule has 1 unspecified atom stereocenters. The van der Waals surface area contributed by atoms with Crippen LogP contribution in [-0.4, -0.2) is 33.1 Å². The van der Waals surface area contributed by atoms with Gasteiger partial charge in [-0.3, -0.25) is 0 Å². The van der Waals surface area contributed by atoms with Crippen LogP contribution in [0.1, 0.15) is 78.6 Å². The topological polar surface area (TPSA) is 60.7 Å². The van der Waals surface area contributed by atoms with Crippen LogP contribution in [0.3, 0.4) is 0 Å². The van der Waals surface area contributed by atoms with Crippen LogP contribution in [0.4, 0.5) is 0 Å². The van der Waals surface area contributed by atoms with Gasteiger partial charge in [0.05, 0.1) is 17.8 Å². The minimum absolute atomic E-state index is 0.0831. The summed E-state index contributed by atoms with van der Waals surface area (Å²) in [4.78, 5) is 0. The number of hydrogen-bond acceptors (Lipinski definition) is 3. The van der Waals surface area contributed by atoms with Gasteiger partial charge in [0.25, 0.3) is 0 Å². The van der Waals surface area contributed by atoms with Crippen molar-refractivity contribution in [3.8, 4) is 0 Å². The van der Waals surface area contributed by atoms with E-state index in [1.165, 1.54) is 25.7 Å². The number of aliphatic hydroxyl groups excluding tert-OH is 2. The summed E-state index contributed by atoms with van der Waals surface area (Å²) in [5.41, 5.74) is -0.641. The van der Waals surface area contributed by atoms with Gasteiger partial charge in [0, 0.05) is 5.41 Å². The molecule has 138 valence electrons. The molecule has 0 amide bonds. The maximum Gasteiger partial charge on any atom is 0.0958 e. The van der Waals surface area contributed by atoms with Gasteiger partial charge in [0.15, 0.2) is 0 Å². The highest BCUT2D eigenvalue weighted by atomic mass is 16.3. The third kappa shape index (κ3) is 2.07. The highest BCUT2D eigenvalue weighted by Gasteiger charge is 2.65. The van der Waals surface area contributed by atoms with Crippen molar-refractivity contribution in [1.29, 1.82) is 0 Å². The number of fused-ring (bicyclic) bond motifs is 5. The zero-order valence-electron chi connectivity index (χ0n) is 15.7. The fourth-order valence-corrected chi connectivity index (χ4v) is 7.97. The molecule has 4 aliphatic carbocycles. The molecule has 9 atom stereocenters. The number of aliphatic hydroxyl groups is 3. The molecule has 0 aliphatic heterocycles. The number of hydrogen-bond donors (Lipinski definition) is 3. The minimum Gasteiger partial charge on any atom is -0.393 e. The molecule has 0 aromatic heterocycles. The van der Waals surface area contributed by atoms with Gasteiger partial charge in [-0.05, 0) is 93.8 Å². The average molecular weight is 337 g/mol. The molecule has 3 heteroatoms. The summed E-state index contributed by atoms with van der Waals surface area (Å²) in [7, 11) is 0. The zero-order valence-corrected chi connectivity index (χ0v) is 15.7. The quantitative estimate of drug-likeness (QED) is 0.687. The van der Waals surface area contributed by atoms with Gasteiger partial charge in [0.1, 0.15) is 0 Å². The molecule has 4 aliphatic rings. The van der Waals surface area contributed by atoms with E-state index in [1.807, 2.05) is 0 Å². The van der Waals surface area contributed by atoms with Gasteiger partial charge in [-0.1, -0.05) is 13.8 Å². The Morgan fingerprint density at radius 3 is 2.33 bits per heavy atom. The van der Waals surface area contributed by atoms with E-state index in [2.05, 4.69) is 13.8 Å². The highest BCUT2D eigenvalue weighted by Crippen LogP contribution is 2.68. The monoisotopic (exact) mass is 336 g/mol. The lowest BCUT2D eigenvalue weighted by Gasteiger charge is -2.61. The fourth-order valence-electron chi connectivity index (χ4n) is 7.97. The Morgan fingerprint density at radius 1 is 0.917 bits per heavy atom. The summed E-state index contributed by atoms with van der Waals surface area (Å²) in [6.45, 7) is 6.53. The van der Waals surface area contributed by atoms with Crippen LogP contribution in [0, 0.1) is 34.5 Å². The Bertz CT molecular complexity index is 505. The van der Waals surface area contributed by atoms with Gasteiger partial charge in [-0.25, -0.2) is 0 Å². The normalized spacial score (nSPS) is 58.5. The molecule has 4 saturated carbocycles. The van der Waals surface area contributed by atoms with E-state index in [4.69, 9.17) is 0 Å². The van der Waals surface area contributed by atoms with Crippen molar-refractivity contribution in [3.63, 3.8) is 0 Å². The maximum atomic E-state index is 11.3. The van der Waals surface area contributed by atoms with E-state index >= 15 is 0 Å². The molecule has 0 aromatic carbocycles. The van der Waals surface area contributed by atoms with E-state index in [1.54, 1.807) is 6.92 Å². The van der Waals surface area contributed by atoms with E-state index < -0.39 is 11.7 Å². The van der Waals surface area contributed by atoms with Crippen molar-refractivity contribution in [2.24, 2.45) is 34.5 Å².